The van der Waals surface area contributed by atoms with Crippen LogP contribution in [0, 0.1) is 0 Å². The van der Waals surface area contributed by atoms with Gasteiger partial charge in [-0.3, -0.25) is 0 Å². The standard InChI is InChI=1S/C12H17NO4/c1-13(2,3)9(12(16)17)6-8-4-5-10(14)11(15)7-8/h4-5,7,9H,6H2,1-3H3,(H2-,14,15,16,17). The summed E-state index contributed by atoms with van der Waals surface area (Å²) in [4.78, 5) is 11.1. The molecule has 0 amide bonds. The number of rotatable bonds is 4. The first-order valence-corrected chi connectivity index (χ1v) is 5.24. The van der Waals surface area contributed by atoms with E-state index in [1.165, 1.54) is 12.1 Å². The highest BCUT2D eigenvalue weighted by Gasteiger charge is 2.25. The monoisotopic (exact) mass is 239 g/mol. The molecule has 0 aliphatic heterocycles. The Hall–Kier alpha value is -1.75. The van der Waals surface area contributed by atoms with Crippen LogP contribution in [0.1, 0.15) is 5.56 Å². The van der Waals surface area contributed by atoms with Crippen molar-refractivity contribution in [1.29, 1.82) is 0 Å². The molecule has 0 bridgehead atoms. The van der Waals surface area contributed by atoms with Crippen molar-refractivity contribution in [1.82, 2.24) is 0 Å². The smallest absolute Gasteiger partial charge is 0.157 e. The second-order valence-corrected chi connectivity index (χ2v) is 4.98. The number of aromatic hydroxyl groups is 2. The van der Waals surface area contributed by atoms with E-state index in [1.54, 1.807) is 27.2 Å². The van der Waals surface area contributed by atoms with Gasteiger partial charge in [0.15, 0.2) is 11.5 Å². The van der Waals surface area contributed by atoms with Crippen molar-refractivity contribution >= 4 is 5.97 Å². The minimum atomic E-state index is -1.13. The number of aliphatic carboxylic acids is 1. The van der Waals surface area contributed by atoms with Gasteiger partial charge in [-0.15, -0.1) is 0 Å². The quantitative estimate of drug-likeness (QED) is 0.546. The maximum Gasteiger partial charge on any atom is 0.157 e. The molecule has 5 heteroatoms. The number of nitrogens with zero attached hydrogens (tertiary/aromatic N) is 1. The van der Waals surface area contributed by atoms with E-state index in [4.69, 9.17) is 5.11 Å². The van der Waals surface area contributed by atoms with Crippen LogP contribution in [0.25, 0.3) is 0 Å². The van der Waals surface area contributed by atoms with Gasteiger partial charge < -0.3 is 24.6 Å². The number of carbonyl (C=O) groups is 1. The molecule has 17 heavy (non-hydrogen) atoms. The molecule has 0 aliphatic carbocycles. The molecule has 0 aliphatic rings. The van der Waals surface area contributed by atoms with Gasteiger partial charge in [-0.25, -0.2) is 0 Å². The minimum Gasteiger partial charge on any atom is -0.544 e. The number of phenolic OH excluding ortho intramolecular Hbond substituents is 2. The summed E-state index contributed by atoms with van der Waals surface area (Å²) in [5, 5.41) is 29.6. The Balaban J connectivity index is 2.95. The van der Waals surface area contributed by atoms with E-state index in [-0.39, 0.29) is 22.4 Å². The zero-order valence-electron chi connectivity index (χ0n) is 10.2. The molecule has 0 radical (unpaired) electrons. The van der Waals surface area contributed by atoms with Crippen LogP contribution in [0.3, 0.4) is 0 Å². The minimum absolute atomic E-state index is 0.219. The van der Waals surface area contributed by atoms with Crippen LogP contribution >= 0.6 is 0 Å². The highest BCUT2D eigenvalue weighted by Crippen LogP contribution is 2.26. The summed E-state index contributed by atoms with van der Waals surface area (Å²) in [7, 11) is 5.29. The lowest BCUT2D eigenvalue weighted by atomic mass is 10.0. The fourth-order valence-corrected chi connectivity index (χ4v) is 1.59. The Morgan fingerprint density at radius 3 is 2.29 bits per heavy atom. The predicted octanol–water partition coefficient (Wildman–Crippen LogP) is -0.535. The van der Waals surface area contributed by atoms with Crippen molar-refractivity contribution in [3.8, 4) is 11.5 Å². The Morgan fingerprint density at radius 2 is 1.88 bits per heavy atom. The highest BCUT2D eigenvalue weighted by atomic mass is 16.4. The molecule has 94 valence electrons. The van der Waals surface area contributed by atoms with E-state index < -0.39 is 12.0 Å². The molecule has 1 unspecified atom stereocenters. The van der Waals surface area contributed by atoms with E-state index in [1.807, 2.05) is 0 Å². The van der Waals surface area contributed by atoms with Crippen LogP contribution in [0.4, 0.5) is 0 Å². The summed E-state index contributed by atoms with van der Waals surface area (Å²) in [6, 6.07) is 3.58. The molecule has 1 atom stereocenters. The molecule has 0 saturated heterocycles. The van der Waals surface area contributed by atoms with Gasteiger partial charge in [-0.05, 0) is 17.7 Å². The fourth-order valence-electron chi connectivity index (χ4n) is 1.59. The van der Waals surface area contributed by atoms with E-state index in [9.17, 15) is 15.0 Å². The Kier molecular flexibility index (Phi) is 3.63. The molecule has 5 nitrogen and oxygen atoms in total. The Morgan fingerprint density at radius 1 is 1.29 bits per heavy atom. The molecule has 1 rings (SSSR count). The number of quaternary nitrogens is 1. The molecule has 0 fully saturated rings. The third-order valence-electron chi connectivity index (χ3n) is 2.68. The van der Waals surface area contributed by atoms with E-state index in [0.29, 0.717) is 5.56 Å². The second-order valence-electron chi connectivity index (χ2n) is 4.98. The normalized spacial score (nSPS) is 13.4. The van der Waals surface area contributed by atoms with Crippen molar-refractivity contribution in [2.75, 3.05) is 21.1 Å². The highest BCUT2D eigenvalue weighted by molar-refractivity contribution is 5.70. The van der Waals surface area contributed by atoms with Gasteiger partial charge in [0.05, 0.1) is 27.1 Å². The van der Waals surface area contributed by atoms with Crippen molar-refractivity contribution in [3.63, 3.8) is 0 Å². The van der Waals surface area contributed by atoms with Crippen molar-refractivity contribution in [2.24, 2.45) is 0 Å². The number of likely N-dealkylation sites (N-methyl/N-ethyl adjacent to an activating group) is 1. The maximum absolute atomic E-state index is 11.1. The summed E-state index contributed by atoms with van der Waals surface area (Å²) in [5.74, 6) is -1.60. The van der Waals surface area contributed by atoms with E-state index in [0.717, 1.165) is 0 Å². The molecule has 0 spiro atoms. The number of phenols is 2. The Bertz CT molecular complexity index is 423. The number of hydrogen-bond acceptors (Lipinski definition) is 4. The average molecular weight is 239 g/mol. The van der Waals surface area contributed by atoms with Crippen LogP contribution in [0.15, 0.2) is 18.2 Å². The molecule has 0 heterocycles. The van der Waals surface area contributed by atoms with Gasteiger partial charge in [0, 0.05) is 6.42 Å². The lowest BCUT2D eigenvalue weighted by molar-refractivity contribution is -0.889. The SMILES string of the molecule is C[N+](C)(C)C(Cc1ccc(O)c(O)c1)C(=O)[O-]. The van der Waals surface area contributed by atoms with E-state index in [2.05, 4.69) is 0 Å². The average Bonchev–Trinajstić information content (AvgIpc) is 2.17. The zero-order chi connectivity index (χ0) is 13.2. The zero-order valence-corrected chi connectivity index (χ0v) is 10.2. The first-order chi connectivity index (χ1) is 7.71. The van der Waals surface area contributed by atoms with Crippen LogP contribution in [-0.4, -0.2) is 47.9 Å². The molecular weight excluding hydrogens is 222 g/mol. The molecule has 0 aromatic heterocycles. The van der Waals surface area contributed by atoms with Crippen molar-refractivity contribution in [2.45, 2.75) is 12.5 Å². The van der Waals surface area contributed by atoms with Crippen LogP contribution in [0.5, 0.6) is 11.5 Å². The maximum atomic E-state index is 11.1. The molecule has 2 N–H and O–H groups in total. The van der Waals surface area contributed by atoms with Crippen molar-refractivity contribution in [3.05, 3.63) is 23.8 Å². The topological polar surface area (TPSA) is 80.6 Å². The van der Waals surface area contributed by atoms with Crippen LogP contribution < -0.4 is 5.11 Å². The fraction of sp³-hybridized carbons (Fsp3) is 0.417. The molecule has 1 aromatic rings. The van der Waals surface area contributed by atoms with Gasteiger partial charge in [0.25, 0.3) is 0 Å². The van der Waals surface area contributed by atoms with Gasteiger partial charge in [-0.2, -0.15) is 0 Å². The summed E-state index contributed by atoms with van der Waals surface area (Å²) in [6.07, 6.45) is 0.236. The van der Waals surface area contributed by atoms with Gasteiger partial charge in [0.2, 0.25) is 0 Å². The number of carboxylic acid groups (broad SMARTS) is 1. The lowest BCUT2D eigenvalue weighted by Gasteiger charge is -2.34. The lowest BCUT2D eigenvalue weighted by Crippen LogP contribution is -2.55. The molecule has 0 saturated carbocycles. The number of carboxylic acids is 1. The van der Waals surface area contributed by atoms with Crippen LogP contribution in [0.2, 0.25) is 0 Å². The summed E-state index contributed by atoms with van der Waals surface area (Å²) in [6.45, 7) is 0. The third-order valence-corrected chi connectivity index (χ3v) is 2.68. The van der Waals surface area contributed by atoms with Crippen molar-refractivity contribution < 1.29 is 24.6 Å². The molecular formula is C12H17NO4. The van der Waals surface area contributed by atoms with E-state index >= 15 is 0 Å². The summed E-state index contributed by atoms with van der Waals surface area (Å²) in [5.41, 5.74) is 0.641. The summed E-state index contributed by atoms with van der Waals surface area (Å²) >= 11 is 0. The van der Waals surface area contributed by atoms with Crippen LogP contribution in [-0.2, 0) is 11.2 Å². The molecule has 1 aromatic carbocycles. The Labute approximate surface area is 100 Å². The van der Waals surface area contributed by atoms with Gasteiger partial charge >= 0.3 is 0 Å². The number of hydrogen-bond donors (Lipinski definition) is 2. The largest absolute Gasteiger partial charge is 0.544 e. The summed E-state index contributed by atoms with van der Waals surface area (Å²) < 4.78 is 0.226. The van der Waals surface area contributed by atoms with Gasteiger partial charge in [0.1, 0.15) is 6.04 Å². The van der Waals surface area contributed by atoms with Gasteiger partial charge in [-0.1, -0.05) is 6.07 Å². The first-order valence-electron chi connectivity index (χ1n) is 5.24. The predicted molar refractivity (Wildman–Crippen MR) is 60.3 cm³/mol. The number of benzene rings is 1. The number of carbonyl (C=O) groups excluding carboxylic acids is 1. The first kappa shape index (κ1) is 13.3. The second kappa shape index (κ2) is 4.63. The third kappa shape index (κ3) is 3.35.